The lowest BCUT2D eigenvalue weighted by atomic mass is 10.00. The van der Waals surface area contributed by atoms with Gasteiger partial charge in [-0.2, -0.15) is 0 Å². The molecule has 0 atom stereocenters. The van der Waals surface area contributed by atoms with E-state index in [-0.39, 0.29) is 0 Å². The topological polar surface area (TPSA) is 17.1 Å². The molecule has 0 heterocycles. The average molecular weight is 266 g/mol. The van der Waals surface area contributed by atoms with Gasteiger partial charge in [0.2, 0.25) is 0 Å². The van der Waals surface area contributed by atoms with Crippen LogP contribution < -0.4 is 0 Å². The molecule has 0 spiro atoms. The fourth-order valence-electron chi connectivity index (χ4n) is 2.62. The number of carbonyl (C=O) groups excluding carboxylic acids is 1. The largest absolute Gasteiger partial charge is 0.299 e. The van der Waals surface area contributed by atoms with E-state index in [0.717, 1.165) is 18.4 Å². The van der Waals surface area contributed by atoms with Crippen LogP contribution in [0.4, 0.5) is 0 Å². The quantitative estimate of drug-likeness (QED) is 0.755. The number of aryl methyl sites for hydroxylation is 3. The van der Waals surface area contributed by atoms with Gasteiger partial charge >= 0.3 is 0 Å². The second-order valence-corrected chi connectivity index (χ2v) is 5.55. The minimum atomic E-state index is 0.339. The molecule has 2 rings (SSSR count). The van der Waals surface area contributed by atoms with E-state index in [1.165, 1.54) is 16.7 Å². The summed E-state index contributed by atoms with van der Waals surface area (Å²) in [6.07, 6.45) is 3.16. The van der Waals surface area contributed by atoms with E-state index in [1.807, 2.05) is 18.2 Å². The third-order valence-electron chi connectivity index (χ3n) is 3.45. The Balaban J connectivity index is 1.81. The number of hydrogen-bond donors (Lipinski definition) is 0. The summed E-state index contributed by atoms with van der Waals surface area (Å²) in [5.74, 6) is 0.339. The van der Waals surface area contributed by atoms with Crippen molar-refractivity contribution in [1.29, 1.82) is 0 Å². The second kappa shape index (κ2) is 7.04. The molecule has 0 unspecified atom stereocenters. The third-order valence-corrected chi connectivity index (χ3v) is 3.45. The van der Waals surface area contributed by atoms with Gasteiger partial charge in [0.05, 0.1) is 0 Å². The molecule has 0 aliphatic carbocycles. The van der Waals surface area contributed by atoms with Crippen molar-refractivity contribution >= 4 is 5.78 Å². The number of benzene rings is 2. The number of hydrogen-bond acceptors (Lipinski definition) is 1. The van der Waals surface area contributed by atoms with Crippen LogP contribution in [0.5, 0.6) is 0 Å². The first-order valence-corrected chi connectivity index (χ1v) is 7.26. The van der Waals surface area contributed by atoms with Crippen LogP contribution in [0.25, 0.3) is 0 Å². The lowest BCUT2D eigenvalue weighted by molar-refractivity contribution is -0.118. The van der Waals surface area contributed by atoms with Crippen molar-refractivity contribution in [3.8, 4) is 0 Å². The second-order valence-electron chi connectivity index (χ2n) is 5.55. The van der Waals surface area contributed by atoms with E-state index in [1.54, 1.807) is 0 Å². The van der Waals surface area contributed by atoms with Crippen LogP contribution in [0.1, 0.15) is 35.1 Å². The molecular formula is C19H22O. The molecule has 0 N–H and O–H groups in total. The van der Waals surface area contributed by atoms with Crippen LogP contribution >= 0.6 is 0 Å². The van der Waals surface area contributed by atoms with Crippen molar-refractivity contribution < 1.29 is 4.79 Å². The normalized spacial score (nSPS) is 10.5. The third kappa shape index (κ3) is 4.65. The van der Waals surface area contributed by atoms with Gasteiger partial charge in [-0.25, -0.2) is 0 Å². The minimum Gasteiger partial charge on any atom is -0.299 e. The van der Waals surface area contributed by atoms with Gasteiger partial charge in [0, 0.05) is 12.8 Å². The van der Waals surface area contributed by atoms with Gasteiger partial charge in [0.25, 0.3) is 0 Å². The van der Waals surface area contributed by atoms with Gasteiger partial charge in [-0.15, -0.1) is 0 Å². The molecule has 0 saturated carbocycles. The molecule has 0 aliphatic rings. The summed E-state index contributed by atoms with van der Waals surface area (Å²) in [6, 6.07) is 16.7. The smallest absolute Gasteiger partial charge is 0.137 e. The first kappa shape index (κ1) is 14.5. The molecule has 0 aromatic heterocycles. The zero-order valence-corrected chi connectivity index (χ0v) is 12.4. The Hall–Kier alpha value is -1.89. The summed E-state index contributed by atoms with van der Waals surface area (Å²) in [7, 11) is 0. The average Bonchev–Trinajstić information content (AvgIpc) is 2.38. The van der Waals surface area contributed by atoms with E-state index in [2.05, 4.69) is 44.2 Å². The van der Waals surface area contributed by atoms with Gasteiger partial charge in [-0.05, 0) is 37.8 Å². The molecule has 2 aromatic rings. The van der Waals surface area contributed by atoms with Crippen molar-refractivity contribution in [1.82, 2.24) is 0 Å². The first-order chi connectivity index (χ1) is 9.63. The van der Waals surface area contributed by atoms with Gasteiger partial charge in [-0.3, -0.25) is 4.79 Å². The highest BCUT2D eigenvalue weighted by atomic mass is 16.1. The molecule has 0 bridgehead atoms. The number of Topliss-reactive ketones (excluding diaryl/α,β-unsaturated/α-hetero) is 1. The summed E-state index contributed by atoms with van der Waals surface area (Å²) in [5, 5.41) is 0. The van der Waals surface area contributed by atoms with Crippen LogP contribution in [0.2, 0.25) is 0 Å². The lowest BCUT2D eigenvalue weighted by Crippen LogP contribution is -2.04. The predicted molar refractivity (Wildman–Crippen MR) is 84.0 cm³/mol. The number of rotatable bonds is 6. The van der Waals surface area contributed by atoms with Crippen LogP contribution in [0, 0.1) is 13.8 Å². The molecule has 0 fully saturated rings. The summed E-state index contributed by atoms with van der Waals surface area (Å²) in [4.78, 5) is 12.0. The van der Waals surface area contributed by atoms with E-state index >= 15 is 0 Å². The Morgan fingerprint density at radius 1 is 0.900 bits per heavy atom. The molecular weight excluding hydrogens is 244 g/mol. The standard InChI is InChI=1S/C19H22O/c1-15-11-16(2)13-18(12-15)14-19(20)10-6-9-17-7-4-3-5-8-17/h3-5,7-8,11-13H,6,9-10,14H2,1-2H3. The molecule has 0 radical (unpaired) electrons. The zero-order valence-electron chi connectivity index (χ0n) is 12.4. The van der Waals surface area contributed by atoms with E-state index in [9.17, 15) is 4.79 Å². The number of ketones is 1. The Labute approximate surface area is 121 Å². The molecule has 20 heavy (non-hydrogen) atoms. The van der Waals surface area contributed by atoms with Gasteiger partial charge in [0.15, 0.2) is 0 Å². The Bertz CT molecular complexity index is 549. The summed E-state index contributed by atoms with van der Waals surface area (Å²) < 4.78 is 0. The first-order valence-electron chi connectivity index (χ1n) is 7.26. The maximum Gasteiger partial charge on any atom is 0.137 e. The predicted octanol–water partition coefficient (Wildman–Crippen LogP) is 4.44. The fraction of sp³-hybridized carbons (Fsp3) is 0.316. The van der Waals surface area contributed by atoms with Gasteiger partial charge in [-0.1, -0.05) is 59.7 Å². The van der Waals surface area contributed by atoms with Crippen molar-refractivity contribution in [3.63, 3.8) is 0 Å². The molecule has 1 nitrogen and oxygen atoms in total. The van der Waals surface area contributed by atoms with Gasteiger partial charge in [0.1, 0.15) is 5.78 Å². The van der Waals surface area contributed by atoms with E-state index in [4.69, 9.17) is 0 Å². The maximum atomic E-state index is 12.0. The fourth-order valence-corrected chi connectivity index (χ4v) is 2.62. The Morgan fingerprint density at radius 2 is 1.55 bits per heavy atom. The Kier molecular flexibility index (Phi) is 5.11. The molecule has 0 aliphatic heterocycles. The van der Waals surface area contributed by atoms with Crippen LogP contribution in [0.15, 0.2) is 48.5 Å². The number of carbonyl (C=O) groups is 1. The van der Waals surface area contributed by atoms with Crippen molar-refractivity contribution in [2.75, 3.05) is 0 Å². The minimum absolute atomic E-state index is 0.339. The van der Waals surface area contributed by atoms with Crippen molar-refractivity contribution in [3.05, 3.63) is 70.8 Å². The molecule has 0 saturated heterocycles. The zero-order chi connectivity index (χ0) is 14.4. The van der Waals surface area contributed by atoms with Crippen LogP contribution in [0.3, 0.4) is 0 Å². The van der Waals surface area contributed by atoms with E-state index < -0.39 is 0 Å². The SMILES string of the molecule is Cc1cc(C)cc(CC(=O)CCCc2ccccc2)c1. The van der Waals surface area contributed by atoms with Gasteiger partial charge < -0.3 is 0 Å². The lowest BCUT2D eigenvalue weighted by Gasteiger charge is -2.05. The molecule has 0 amide bonds. The van der Waals surface area contributed by atoms with Crippen LogP contribution in [-0.2, 0) is 17.6 Å². The highest BCUT2D eigenvalue weighted by molar-refractivity contribution is 5.80. The summed E-state index contributed by atoms with van der Waals surface area (Å²) >= 11 is 0. The van der Waals surface area contributed by atoms with Crippen molar-refractivity contribution in [2.45, 2.75) is 39.5 Å². The highest BCUT2D eigenvalue weighted by Gasteiger charge is 2.05. The molecule has 1 heteroatoms. The highest BCUT2D eigenvalue weighted by Crippen LogP contribution is 2.12. The van der Waals surface area contributed by atoms with Crippen LogP contribution in [-0.4, -0.2) is 5.78 Å². The summed E-state index contributed by atoms with van der Waals surface area (Å²) in [5.41, 5.74) is 4.92. The Morgan fingerprint density at radius 3 is 2.20 bits per heavy atom. The molecule has 2 aromatic carbocycles. The van der Waals surface area contributed by atoms with Crippen molar-refractivity contribution in [2.24, 2.45) is 0 Å². The molecule has 104 valence electrons. The summed E-state index contributed by atoms with van der Waals surface area (Å²) in [6.45, 7) is 4.16. The van der Waals surface area contributed by atoms with E-state index in [0.29, 0.717) is 18.6 Å². The maximum absolute atomic E-state index is 12.0. The monoisotopic (exact) mass is 266 g/mol.